The van der Waals surface area contributed by atoms with Crippen molar-refractivity contribution in [2.75, 3.05) is 31.7 Å². The first kappa shape index (κ1) is 21.3. The predicted octanol–water partition coefficient (Wildman–Crippen LogP) is 0.909. The smallest absolute Gasteiger partial charge is 0.242 e. The molecule has 164 valence electrons. The number of ether oxygens (including phenoxy) is 1. The molecule has 1 saturated heterocycles. The van der Waals surface area contributed by atoms with Gasteiger partial charge in [0.1, 0.15) is 11.5 Å². The lowest BCUT2D eigenvalue weighted by atomic mass is 10.1. The lowest BCUT2D eigenvalue weighted by Crippen LogP contribution is -2.48. The van der Waals surface area contributed by atoms with E-state index in [1.165, 1.54) is 24.3 Å². The van der Waals surface area contributed by atoms with E-state index in [2.05, 4.69) is 25.9 Å². The monoisotopic (exact) mass is 436 g/mol. The number of para-hydroxylation sites is 2. The standard InChI is InChI=1S/C21H20N6O5/c28-15-7-3-1-5-13(15)17(30)19-22-20(18(31)14-6-2-4-8-16(14)29)24-21(23-19)25-26-27-9-11-32-12-10-27/h1-8,26,28-29H,9-12H2,(H,22,23,24,25). The molecular weight excluding hydrogens is 416 g/mol. The van der Waals surface area contributed by atoms with Gasteiger partial charge < -0.3 is 14.9 Å². The molecule has 0 bridgehead atoms. The molecule has 11 heteroatoms. The molecule has 3 aromatic rings. The van der Waals surface area contributed by atoms with Gasteiger partial charge in [-0.25, -0.2) is 9.99 Å². The van der Waals surface area contributed by atoms with Gasteiger partial charge in [0.25, 0.3) is 0 Å². The highest BCUT2D eigenvalue weighted by atomic mass is 16.5. The largest absolute Gasteiger partial charge is 0.507 e. The molecule has 0 amide bonds. The van der Waals surface area contributed by atoms with E-state index in [9.17, 15) is 19.8 Å². The SMILES string of the molecule is O=C(c1nc(NNN2CCOCC2)nc(C(=O)c2ccccc2O)n1)c1ccccc1O. The van der Waals surface area contributed by atoms with E-state index in [1.807, 2.05) is 5.01 Å². The van der Waals surface area contributed by atoms with Crippen LogP contribution in [-0.4, -0.2) is 68.0 Å². The first-order chi connectivity index (χ1) is 15.5. The number of benzene rings is 2. The molecule has 0 unspecified atom stereocenters. The van der Waals surface area contributed by atoms with Crippen LogP contribution in [0.4, 0.5) is 5.95 Å². The van der Waals surface area contributed by atoms with Crippen molar-refractivity contribution in [2.24, 2.45) is 0 Å². The number of ketones is 2. The van der Waals surface area contributed by atoms with E-state index in [-0.39, 0.29) is 40.2 Å². The van der Waals surface area contributed by atoms with Gasteiger partial charge in [-0.3, -0.25) is 15.0 Å². The molecule has 0 atom stereocenters. The third-order valence-corrected chi connectivity index (χ3v) is 4.68. The fraction of sp³-hybridized carbons (Fsp3) is 0.190. The Labute approximate surface area is 182 Å². The van der Waals surface area contributed by atoms with Crippen molar-refractivity contribution in [1.82, 2.24) is 25.5 Å². The number of nitrogens with one attached hydrogen (secondary N) is 2. The molecule has 4 rings (SSSR count). The van der Waals surface area contributed by atoms with E-state index in [1.54, 1.807) is 24.3 Å². The molecule has 4 N–H and O–H groups in total. The van der Waals surface area contributed by atoms with Crippen molar-refractivity contribution in [1.29, 1.82) is 0 Å². The number of carbonyl (C=O) groups is 2. The van der Waals surface area contributed by atoms with E-state index >= 15 is 0 Å². The summed E-state index contributed by atoms with van der Waals surface area (Å²) >= 11 is 0. The summed E-state index contributed by atoms with van der Waals surface area (Å²) in [6.45, 7) is 2.29. The van der Waals surface area contributed by atoms with Crippen LogP contribution in [0.25, 0.3) is 0 Å². The van der Waals surface area contributed by atoms with Crippen LogP contribution in [0, 0.1) is 0 Å². The average Bonchev–Trinajstić information content (AvgIpc) is 2.83. The third kappa shape index (κ3) is 4.70. The number of hydrogen-bond donors (Lipinski definition) is 4. The minimum Gasteiger partial charge on any atom is -0.507 e. The zero-order valence-corrected chi connectivity index (χ0v) is 16.9. The number of phenols is 2. The normalized spacial score (nSPS) is 14.1. The second-order valence-electron chi connectivity index (χ2n) is 6.84. The molecule has 0 radical (unpaired) electrons. The maximum atomic E-state index is 13.0. The zero-order chi connectivity index (χ0) is 22.5. The topological polar surface area (TPSA) is 150 Å². The number of carbonyl (C=O) groups excluding carboxylic acids is 2. The molecule has 1 fully saturated rings. The Morgan fingerprint density at radius 2 is 1.31 bits per heavy atom. The number of rotatable bonds is 7. The molecule has 32 heavy (non-hydrogen) atoms. The van der Waals surface area contributed by atoms with E-state index in [0.717, 1.165) is 0 Å². The van der Waals surface area contributed by atoms with Crippen LogP contribution in [0.1, 0.15) is 32.4 Å². The summed E-state index contributed by atoms with van der Waals surface area (Å²) in [6.07, 6.45) is 0. The molecule has 2 heterocycles. The number of hydrogen-bond acceptors (Lipinski definition) is 11. The van der Waals surface area contributed by atoms with Crippen LogP contribution in [0.2, 0.25) is 0 Å². The highest BCUT2D eigenvalue weighted by molar-refractivity contribution is 6.11. The van der Waals surface area contributed by atoms with E-state index < -0.39 is 11.6 Å². The summed E-state index contributed by atoms with van der Waals surface area (Å²) in [5.74, 6) is -2.63. The average molecular weight is 436 g/mol. The first-order valence-electron chi connectivity index (χ1n) is 9.79. The Balaban J connectivity index is 1.69. The van der Waals surface area contributed by atoms with E-state index in [4.69, 9.17) is 4.74 Å². The lowest BCUT2D eigenvalue weighted by molar-refractivity contribution is 0.0167. The van der Waals surface area contributed by atoms with Crippen LogP contribution in [0.5, 0.6) is 11.5 Å². The summed E-state index contributed by atoms with van der Waals surface area (Å²) in [5.41, 5.74) is 5.62. The molecule has 1 aliphatic rings. The molecule has 1 aromatic heterocycles. The van der Waals surface area contributed by atoms with Crippen molar-refractivity contribution >= 4 is 17.5 Å². The van der Waals surface area contributed by atoms with Gasteiger partial charge in [0.15, 0.2) is 0 Å². The minimum atomic E-state index is -0.689. The Morgan fingerprint density at radius 3 is 1.81 bits per heavy atom. The highest BCUT2D eigenvalue weighted by Crippen LogP contribution is 2.21. The molecule has 0 aliphatic carbocycles. The minimum absolute atomic E-state index is 0.0215. The van der Waals surface area contributed by atoms with Crippen LogP contribution in [0.15, 0.2) is 48.5 Å². The molecule has 0 saturated carbocycles. The van der Waals surface area contributed by atoms with Gasteiger partial charge in [-0.15, -0.1) is 0 Å². The summed E-state index contributed by atoms with van der Waals surface area (Å²) in [4.78, 5) is 38.1. The lowest BCUT2D eigenvalue weighted by Gasteiger charge is -2.27. The number of aromatic nitrogens is 3. The molecule has 1 aliphatic heterocycles. The highest BCUT2D eigenvalue weighted by Gasteiger charge is 2.23. The number of aromatic hydroxyl groups is 2. The molecule has 0 spiro atoms. The summed E-state index contributed by atoms with van der Waals surface area (Å²) < 4.78 is 5.29. The number of phenolic OH excluding ortho intramolecular Hbond substituents is 2. The van der Waals surface area contributed by atoms with Gasteiger partial charge in [-0.05, 0) is 24.3 Å². The second kappa shape index (κ2) is 9.47. The Bertz CT molecular complexity index is 1070. The van der Waals surface area contributed by atoms with Crippen LogP contribution < -0.4 is 11.0 Å². The molecule has 2 aromatic carbocycles. The Hall–Kier alpha value is -3.93. The van der Waals surface area contributed by atoms with Crippen molar-refractivity contribution in [3.63, 3.8) is 0 Å². The zero-order valence-electron chi connectivity index (χ0n) is 16.9. The molecule has 11 nitrogen and oxygen atoms in total. The van der Waals surface area contributed by atoms with Crippen molar-refractivity contribution in [3.05, 3.63) is 71.3 Å². The quantitative estimate of drug-likeness (QED) is 0.309. The molecular formula is C21H20N6O5. The number of morpholine rings is 1. The van der Waals surface area contributed by atoms with Crippen molar-refractivity contribution < 1.29 is 24.5 Å². The third-order valence-electron chi connectivity index (χ3n) is 4.68. The van der Waals surface area contributed by atoms with Gasteiger partial charge in [-0.2, -0.15) is 15.5 Å². The van der Waals surface area contributed by atoms with Crippen molar-refractivity contribution in [3.8, 4) is 11.5 Å². The van der Waals surface area contributed by atoms with Gasteiger partial charge >= 0.3 is 0 Å². The fourth-order valence-corrected chi connectivity index (χ4v) is 3.01. The van der Waals surface area contributed by atoms with Gasteiger partial charge in [0.05, 0.1) is 24.3 Å². The Morgan fingerprint density at radius 1 is 0.812 bits per heavy atom. The van der Waals surface area contributed by atoms with Crippen LogP contribution in [-0.2, 0) is 4.74 Å². The van der Waals surface area contributed by atoms with Gasteiger partial charge in [-0.1, -0.05) is 24.3 Å². The van der Waals surface area contributed by atoms with Crippen LogP contribution in [0.3, 0.4) is 0 Å². The van der Waals surface area contributed by atoms with Gasteiger partial charge in [0.2, 0.25) is 29.2 Å². The van der Waals surface area contributed by atoms with Gasteiger partial charge in [0, 0.05) is 13.1 Å². The first-order valence-corrected chi connectivity index (χ1v) is 9.79. The Kier molecular flexibility index (Phi) is 6.31. The maximum Gasteiger partial charge on any atom is 0.242 e. The number of anilines is 1. The second-order valence-corrected chi connectivity index (χ2v) is 6.84. The van der Waals surface area contributed by atoms with Crippen LogP contribution >= 0.6 is 0 Å². The summed E-state index contributed by atoms with van der Waals surface area (Å²) in [7, 11) is 0. The summed E-state index contributed by atoms with van der Waals surface area (Å²) in [6, 6.07) is 11.9. The van der Waals surface area contributed by atoms with E-state index in [0.29, 0.717) is 26.3 Å². The number of hydrazine groups is 2. The van der Waals surface area contributed by atoms with Crippen molar-refractivity contribution in [2.45, 2.75) is 0 Å². The fourth-order valence-electron chi connectivity index (χ4n) is 3.01. The maximum absolute atomic E-state index is 13.0. The number of nitrogens with zero attached hydrogens (tertiary/aromatic N) is 4. The predicted molar refractivity (Wildman–Crippen MR) is 112 cm³/mol. The summed E-state index contributed by atoms with van der Waals surface area (Å²) in [5, 5.41) is 21.9.